The number of aromatic nitrogens is 1. The maximum Gasteiger partial charge on any atom is 0.174 e. The minimum absolute atomic E-state index is 0.148. The fourth-order valence-electron chi connectivity index (χ4n) is 3.34. The molecule has 0 unspecified atom stereocenters. The van der Waals surface area contributed by atoms with Crippen molar-refractivity contribution in [3.63, 3.8) is 0 Å². The molecule has 0 bridgehead atoms. The molecule has 0 amide bonds. The molecule has 1 aliphatic rings. The zero-order valence-electron chi connectivity index (χ0n) is 14.8. The second-order valence-electron chi connectivity index (χ2n) is 6.26. The summed E-state index contributed by atoms with van der Waals surface area (Å²) in [6.07, 6.45) is 1.78. The minimum atomic E-state index is -0.189. The van der Waals surface area contributed by atoms with Gasteiger partial charge in [-0.3, -0.25) is 4.98 Å². The molecule has 1 N–H and O–H groups in total. The van der Waals surface area contributed by atoms with Crippen molar-refractivity contribution in [1.29, 1.82) is 0 Å². The molecule has 4 rings (SSSR count). The maximum absolute atomic E-state index is 6.36. The van der Waals surface area contributed by atoms with Crippen LogP contribution >= 0.6 is 23.8 Å². The van der Waals surface area contributed by atoms with E-state index in [-0.39, 0.29) is 12.1 Å². The van der Waals surface area contributed by atoms with Crippen molar-refractivity contribution in [3.8, 4) is 5.75 Å². The molecule has 0 spiro atoms. The first-order valence-corrected chi connectivity index (χ1v) is 9.27. The second-order valence-corrected chi connectivity index (χ2v) is 7.06. The Hall–Kier alpha value is -2.57. The number of anilines is 1. The molecule has 3 aromatic rings. The molecule has 0 aliphatic carbocycles. The molecule has 0 saturated carbocycles. The van der Waals surface area contributed by atoms with E-state index in [1.54, 1.807) is 13.3 Å². The summed E-state index contributed by atoms with van der Waals surface area (Å²) in [5.41, 5.74) is 1.75. The summed E-state index contributed by atoms with van der Waals surface area (Å²) in [6, 6.07) is 15.0. The summed E-state index contributed by atoms with van der Waals surface area (Å²) in [7, 11) is 1.59. The molecule has 1 fully saturated rings. The van der Waals surface area contributed by atoms with Crippen LogP contribution in [0.5, 0.6) is 5.75 Å². The standard InChI is InChI=1S/C20H18ClN3O2S/c1-12-6-8-17(26-12)19-18(15-5-3-4-10-22-15)23-20(27)24(19)13-7-9-16(25-2)14(21)11-13/h3-11,18-19H,1-2H3,(H,23,27)/t18-,19-/m0/s1. The van der Waals surface area contributed by atoms with Crippen molar-refractivity contribution in [2.24, 2.45) is 0 Å². The van der Waals surface area contributed by atoms with Crippen LogP contribution in [0.15, 0.2) is 59.1 Å². The highest BCUT2D eigenvalue weighted by Crippen LogP contribution is 2.43. The number of benzene rings is 1. The van der Waals surface area contributed by atoms with Crippen molar-refractivity contribution in [1.82, 2.24) is 10.3 Å². The predicted molar refractivity (Wildman–Crippen MR) is 109 cm³/mol. The molecule has 5 nitrogen and oxygen atoms in total. The van der Waals surface area contributed by atoms with Crippen molar-refractivity contribution in [2.75, 3.05) is 12.0 Å². The van der Waals surface area contributed by atoms with E-state index in [4.69, 9.17) is 33.0 Å². The van der Waals surface area contributed by atoms with Gasteiger partial charge in [-0.15, -0.1) is 0 Å². The highest BCUT2D eigenvalue weighted by atomic mass is 35.5. The number of ether oxygens (including phenoxy) is 1. The Morgan fingerprint density at radius 1 is 1.22 bits per heavy atom. The van der Waals surface area contributed by atoms with Gasteiger partial charge in [0, 0.05) is 11.9 Å². The molecule has 3 heterocycles. The maximum atomic E-state index is 6.36. The van der Waals surface area contributed by atoms with Gasteiger partial charge >= 0.3 is 0 Å². The smallest absolute Gasteiger partial charge is 0.174 e. The Morgan fingerprint density at radius 2 is 2.07 bits per heavy atom. The lowest BCUT2D eigenvalue weighted by Gasteiger charge is -2.26. The highest BCUT2D eigenvalue weighted by molar-refractivity contribution is 7.80. The van der Waals surface area contributed by atoms with E-state index in [2.05, 4.69) is 10.3 Å². The van der Waals surface area contributed by atoms with E-state index < -0.39 is 0 Å². The first-order chi connectivity index (χ1) is 13.1. The van der Waals surface area contributed by atoms with Crippen molar-refractivity contribution in [2.45, 2.75) is 19.0 Å². The van der Waals surface area contributed by atoms with Crippen LogP contribution in [0.25, 0.3) is 0 Å². The first-order valence-electron chi connectivity index (χ1n) is 8.49. The minimum Gasteiger partial charge on any atom is -0.495 e. The number of nitrogens with zero attached hydrogens (tertiary/aromatic N) is 2. The van der Waals surface area contributed by atoms with Gasteiger partial charge in [-0.25, -0.2) is 0 Å². The van der Waals surface area contributed by atoms with E-state index in [1.807, 2.05) is 60.4 Å². The molecule has 2 aromatic heterocycles. The summed E-state index contributed by atoms with van der Waals surface area (Å²) in [5.74, 6) is 2.27. The quantitative estimate of drug-likeness (QED) is 0.634. The molecule has 1 saturated heterocycles. The molecule has 1 aromatic carbocycles. The monoisotopic (exact) mass is 399 g/mol. The van der Waals surface area contributed by atoms with Gasteiger partial charge in [0.1, 0.15) is 23.3 Å². The third-order valence-electron chi connectivity index (χ3n) is 4.56. The highest BCUT2D eigenvalue weighted by Gasteiger charge is 2.42. The van der Waals surface area contributed by atoms with E-state index in [9.17, 15) is 0 Å². The van der Waals surface area contributed by atoms with Gasteiger partial charge in [0.15, 0.2) is 5.11 Å². The van der Waals surface area contributed by atoms with E-state index in [0.717, 1.165) is 22.9 Å². The number of rotatable bonds is 4. The summed E-state index contributed by atoms with van der Waals surface area (Å²) in [6.45, 7) is 1.93. The number of nitrogens with one attached hydrogen (secondary N) is 1. The number of furan rings is 1. The number of methoxy groups -OCH3 is 1. The Morgan fingerprint density at radius 3 is 2.70 bits per heavy atom. The lowest BCUT2D eigenvalue weighted by Crippen LogP contribution is -2.29. The summed E-state index contributed by atoms with van der Waals surface area (Å²) in [5, 5.41) is 4.50. The largest absolute Gasteiger partial charge is 0.495 e. The van der Waals surface area contributed by atoms with Gasteiger partial charge in [-0.1, -0.05) is 17.7 Å². The van der Waals surface area contributed by atoms with Gasteiger partial charge in [-0.05, 0) is 61.6 Å². The van der Waals surface area contributed by atoms with E-state index in [0.29, 0.717) is 15.9 Å². The Kier molecular flexibility index (Phi) is 4.76. The van der Waals surface area contributed by atoms with Crippen molar-refractivity contribution in [3.05, 3.63) is 77.0 Å². The normalized spacial score (nSPS) is 19.2. The Balaban J connectivity index is 1.81. The van der Waals surface area contributed by atoms with Crippen LogP contribution in [-0.2, 0) is 0 Å². The zero-order valence-corrected chi connectivity index (χ0v) is 16.4. The van der Waals surface area contributed by atoms with Crippen LogP contribution in [-0.4, -0.2) is 17.2 Å². The molecular weight excluding hydrogens is 382 g/mol. The van der Waals surface area contributed by atoms with Crippen molar-refractivity contribution >= 4 is 34.6 Å². The van der Waals surface area contributed by atoms with Gasteiger partial charge in [0.05, 0.1) is 23.9 Å². The first kappa shape index (κ1) is 17.8. The summed E-state index contributed by atoms with van der Waals surface area (Å²) < 4.78 is 11.2. The van der Waals surface area contributed by atoms with Gasteiger partial charge in [-0.2, -0.15) is 0 Å². The third kappa shape index (κ3) is 3.26. The number of hydrogen-bond acceptors (Lipinski definition) is 4. The SMILES string of the molecule is COc1ccc(N2C(=S)N[C@@H](c3ccccn3)[C@@H]2c2ccc(C)o2)cc1Cl. The lowest BCUT2D eigenvalue weighted by atomic mass is 10.0. The fraction of sp³-hybridized carbons (Fsp3) is 0.200. The van der Waals surface area contributed by atoms with Crippen LogP contribution in [0.3, 0.4) is 0 Å². The third-order valence-corrected chi connectivity index (χ3v) is 5.17. The van der Waals surface area contributed by atoms with Crippen LogP contribution in [0.1, 0.15) is 29.3 Å². The number of halogens is 1. The van der Waals surface area contributed by atoms with Gasteiger partial charge in [0.25, 0.3) is 0 Å². The van der Waals surface area contributed by atoms with E-state index >= 15 is 0 Å². The number of hydrogen-bond donors (Lipinski definition) is 1. The number of aryl methyl sites for hydroxylation is 1. The average Bonchev–Trinajstić information content (AvgIpc) is 3.25. The lowest BCUT2D eigenvalue weighted by molar-refractivity contribution is 0.414. The van der Waals surface area contributed by atoms with Crippen LogP contribution in [0.2, 0.25) is 5.02 Å². The van der Waals surface area contributed by atoms with Gasteiger partial charge in [0.2, 0.25) is 0 Å². The average molecular weight is 400 g/mol. The molecule has 0 radical (unpaired) electrons. The number of thiocarbonyl (C=S) groups is 1. The Labute approximate surface area is 167 Å². The molecule has 27 heavy (non-hydrogen) atoms. The molecule has 7 heteroatoms. The summed E-state index contributed by atoms with van der Waals surface area (Å²) in [4.78, 5) is 6.53. The predicted octanol–water partition coefficient (Wildman–Crippen LogP) is 4.82. The van der Waals surface area contributed by atoms with Crippen LogP contribution in [0, 0.1) is 6.92 Å². The topological polar surface area (TPSA) is 50.5 Å². The number of pyridine rings is 1. The van der Waals surface area contributed by atoms with Gasteiger partial charge < -0.3 is 19.4 Å². The molecule has 138 valence electrons. The van der Waals surface area contributed by atoms with Crippen LogP contribution in [0.4, 0.5) is 5.69 Å². The fourth-order valence-corrected chi connectivity index (χ4v) is 3.94. The zero-order chi connectivity index (χ0) is 19.0. The van der Waals surface area contributed by atoms with Crippen LogP contribution < -0.4 is 15.0 Å². The molecule has 1 aliphatic heterocycles. The molecular formula is C20H18ClN3O2S. The second kappa shape index (κ2) is 7.21. The van der Waals surface area contributed by atoms with Crippen molar-refractivity contribution < 1.29 is 9.15 Å². The summed E-state index contributed by atoms with van der Waals surface area (Å²) >= 11 is 12.0. The molecule has 2 atom stereocenters. The van der Waals surface area contributed by atoms with E-state index in [1.165, 1.54) is 0 Å². The Bertz CT molecular complexity index is 976.